The smallest absolute Gasteiger partial charge is 0.152 e. The first-order valence-corrected chi connectivity index (χ1v) is 6.96. The van der Waals surface area contributed by atoms with Crippen LogP contribution in [0.1, 0.15) is 10.4 Å². The van der Waals surface area contributed by atoms with E-state index in [1.165, 1.54) is 0 Å². The molecule has 1 N–H and O–H groups in total. The van der Waals surface area contributed by atoms with Gasteiger partial charge in [0.2, 0.25) is 0 Å². The maximum absolute atomic E-state index is 11.4. The zero-order valence-corrected chi connectivity index (χ0v) is 12.4. The number of aldehydes is 1. The molecular weight excluding hydrogens is 317 g/mol. The average Bonchev–Trinajstić information content (AvgIpc) is 2.78. The summed E-state index contributed by atoms with van der Waals surface area (Å²) in [5.41, 5.74) is 2.61. The second kappa shape index (κ2) is 5.13. The lowest BCUT2D eigenvalue weighted by atomic mass is 10.1. The van der Waals surface area contributed by atoms with Crippen LogP contribution in [0.5, 0.6) is 0 Å². The van der Waals surface area contributed by atoms with Gasteiger partial charge in [-0.3, -0.25) is 4.79 Å². The predicted octanol–water partition coefficient (Wildman–Crippen LogP) is 5.61. The molecule has 20 heavy (non-hydrogen) atoms. The highest BCUT2D eigenvalue weighted by Gasteiger charge is 2.16. The summed E-state index contributed by atoms with van der Waals surface area (Å²) in [4.78, 5) is 14.6. The molecule has 3 aromatic rings. The van der Waals surface area contributed by atoms with E-state index in [0.717, 1.165) is 17.2 Å². The fourth-order valence-electron chi connectivity index (χ4n) is 2.23. The molecule has 0 atom stereocenters. The number of hydrogen-bond donors (Lipinski definition) is 1. The number of para-hydroxylation sites is 1. The second-order valence-electron chi connectivity index (χ2n) is 4.32. The number of nitrogens with one attached hydrogen (secondary N) is 1. The number of aromatic nitrogens is 1. The first-order valence-electron chi connectivity index (χ1n) is 5.82. The van der Waals surface area contributed by atoms with Gasteiger partial charge < -0.3 is 4.98 Å². The molecule has 0 saturated carbocycles. The number of H-pyrrole nitrogens is 1. The van der Waals surface area contributed by atoms with Crippen LogP contribution in [0.4, 0.5) is 0 Å². The molecule has 0 aliphatic carbocycles. The Labute approximate surface area is 130 Å². The van der Waals surface area contributed by atoms with E-state index in [2.05, 4.69) is 4.98 Å². The van der Waals surface area contributed by atoms with Crippen molar-refractivity contribution in [1.82, 2.24) is 4.98 Å². The summed E-state index contributed by atoms with van der Waals surface area (Å²) in [7, 11) is 0. The lowest BCUT2D eigenvalue weighted by molar-refractivity contribution is 0.112. The third-order valence-electron chi connectivity index (χ3n) is 3.14. The van der Waals surface area contributed by atoms with Gasteiger partial charge in [-0.15, -0.1) is 0 Å². The summed E-state index contributed by atoms with van der Waals surface area (Å²) in [5.74, 6) is 0. The van der Waals surface area contributed by atoms with E-state index in [4.69, 9.17) is 34.8 Å². The summed E-state index contributed by atoms with van der Waals surface area (Å²) in [5, 5.41) is 2.35. The Kier molecular flexibility index (Phi) is 3.47. The molecule has 3 rings (SSSR count). The molecule has 0 amide bonds. The Morgan fingerprint density at radius 3 is 2.50 bits per heavy atom. The summed E-state index contributed by atoms with van der Waals surface area (Å²) in [6, 6.07) is 10.6. The van der Waals surface area contributed by atoms with E-state index >= 15 is 0 Å². The molecule has 5 heteroatoms. The molecule has 0 aliphatic rings. The zero-order chi connectivity index (χ0) is 14.3. The second-order valence-corrected chi connectivity index (χ2v) is 5.57. The number of benzene rings is 2. The van der Waals surface area contributed by atoms with Gasteiger partial charge in [-0.2, -0.15) is 0 Å². The third-order valence-corrected chi connectivity index (χ3v) is 4.00. The molecule has 0 aliphatic heterocycles. The van der Waals surface area contributed by atoms with Crippen molar-refractivity contribution in [3.05, 3.63) is 57.0 Å². The summed E-state index contributed by atoms with van der Waals surface area (Å²) >= 11 is 18.3. The molecule has 0 fully saturated rings. The molecular formula is C15H8Cl3NO. The Morgan fingerprint density at radius 2 is 1.80 bits per heavy atom. The standard InChI is InChI=1S/C15H8Cl3NO/c16-8-4-5-10(13(18)6-8)14-11(7-20)9-2-1-3-12(17)15(9)19-14/h1-7,19H. The van der Waals surface area contributed by atoms with Gasteiger partial charge in [-0.1, -0.05) is 46.9 Å². The predicted molar refractivity (Wildman–Crippen MR) is 84.2 cm³/mol. The summed E-state index contributed by atoms with van der Waals surface area (Å²) < 4.78 is 0. The first-order chi connectivity index (χ1) is 9.61. The van der Waals surface area contributed by atoms with Gasteiger partial charge in [-0.05, 0) is 24.3 Å². The quantitative estimate of drug-likeness (QED) is 0.611. The van der Waals surface area contributed by atoms with Crippen molar-refractivity contribution in [3.63, 3.8) is 0 Å². The van der Waals surface area contributed by atoms with Crippen molar-refractivity contribution in [2.24, 2.45) is 0 Å². The van der Waals surface area contributed by atoms with Crippen molar-refractivity contribution < 1.29 is 4.79 Å². The SMILES string of the molecule is O=Cc1c(-c2ccc(Cl)cc2Cl)[nH]c2c(Cl)cccc12. The summed E-state index contributed by atoms with van der Waals surface area (Å²) in [6.07, 6.45) is 0.801. The Balaban J connectivity index is 2.36. The number of carbonyl (C=O) groups is 1. The number of aromatic amines is 1. The monoisotopic (exact) mass is 323 g/mol. The molecule has 100 valence electrons. The van der Waals surface area contributed by atoms with Crippen LogP contribution < -0.4 is 0 Å². The minimum absolute atomic E-state index is 0.475. The van der Waals surface area contributed by atoms with Crippen LogP contribution >= 0.6 is 34.8 Å². The van der Waals surface area contributed by atoms with Crippen LogP contribution in [-0.2, 0) is 0 Å². The average molecular weight is 325 g/mol. The van der Waals surface area contributed by atoms with E-state index < -0.39 is 0 Å². The summed E-state index contributed by atoms with van der Waals surface area (Å²) in [6.45, 7) is 0. The van der Waals surface area contributed by atoms with E-state index in [9.17, 15) is 4.79 Å². The Morgan fingerprint density at radius 1 is 1.00 bits per heavy atom. The van der Waals surface area contributed by atoms with E-state index in [-0.39, 0.29) is 0 Å². The van der Waals surface area contributed by atoms with Crippen LogP contribution in [-0.4, -0.2) is 11.3 Å². The lowest BCUT2D eigenvalue weighted by Crippen LogP contribution is -1.85. The maximum atomic E-state index is 11.4. The van der Waals surface area contributed by atoms with E-state index in [1.54, 1.807) is 30.3 Å². The van der Waals surface area contributed by atoms with Crippen LogP contribution in [0.15, 0.2) is 36.4 Å². The highest BCUT2D eigenvalue weighted by molar-refractivity contribution is 6.37. The topological polar surface area (TPSA) is 32.9 Å². The lowest BCUT2D eigenvalue weighted by Gasteiger charge is -2.03. The molecule has 1 heterocycles. The Hall–Kier alpha value is -1.48. The van der Waals surface area contributed by atoms with Gasteiger partial charge in [0.15, 0.2) is 6.29 Å². The molecule has 0 unspecified atom stereocenters. The number of fused-ring (bicyclic) bond motifs is 1. The van der Waals surface area contributed by atoms with Crippen LogP contribution in [0, 0.1) is 0 Å². The molecule has 2 nitrogen and oxygen atoms in total. The third kappa shape index (κ3) is 2.10. The van der Waals surface area contributed by atoms with Gasteiger partial charge in [0.1, 0.15) is 0 Å². The fourth-order valence-corrected chi connectivity index (χ4v) is 2.95. The molecule has 0 saturated heterocycles. The van der Waals surface area contributed by atoms with Crippen molar-refractivity contribution in [2.45, 2.75) is 0 Å². The fraction of sp³-hybridized carbons (Fsp3) is 0. The van der Waals surface area contributed by atoms with E-state index in [0.29, 0.717) is 31.9 Å². The molecule has 2 aromatic carbocycles. The molecule has 0 radical (unpaired) electrons. The molecule has 1 aromatic heterocycles. The normalized spacial score (nSPS) is 10.9. The highest BCUT2D eigenvalue weighted by atomic mass is 35.5. The number of hydrogen-bond acceptors (Lipinski definition) is 1. The van der Waals surface area contributed by atoms with Crippen molar-refractivity contribution in [1.29, 1.82) is 0 Å². The molecule has 0 bridgehead atoms. The van der Waals surface area contributed by atoms with Crippen LogP contribution in [0.2, 0.25) is 15.1 Å². The number of carbonyl (C=O) groups excluding carboxylic acids is 1. The van der Waals surface area contributed by atoms with Crippen molar-refractivity contribution in [2.75, 3.05) is 0 Å². The van der Waals surface area contributed by atoms with Gasteiger partial charge >= 0.3 is 0 Å². The number of halogens is 3. The Bertz CT molecular complexity index is 823. The zero-order valence-electron chi connectivity index (χ0n) is 10.1. The largest absolute Gasteiger partial charge is 0.353 e. The van der Waals surface area contributed by atoms with Crippen molar-refractivity contribution >= 4 is 52.0 Å². The minimum Gasteiger partial charge on any atom is -0.353 e. The minimum atomic E-state index is 0.475. The van der Waals surface area contributed by atoms with Gasteiger partial charge in [-0.25, -0.2) is 0 Å². The van der Waals surface area contributed by atoms with Crippen molar-refractivity contribution in [3.8, 4) is 11.3 Å². The first kappa shape index (κ1) is 13.5. The van der Waals surface area contributed by atoms with Gasteiger partial charge in [0, 0.05) is 21.5 Å². The number of rotatable bonds is 2. The maximum Gasteiger partial charge on any atom is 0.152 e. The molecule has 0 spiro atoms. The van der Waals surface area contributed by atoms with Gasteiger partial charge in [0.25, 0.3) is 0 Å². The van der Waals surface area contributed by atoms with Crippen LogP contribution in [0.25, 0.3) is 22.2 Å². The van der Waals surface area contributed by atoms with E-state index in [1.807, 2.05) is 6.07 Å². The highest BCUT2D eigenvalue weighted by Crippen LogP contribution is 2.36. The van der Waals surface area contributed by atoms with Gasteiger partial charge in [0.05, 0.1) is 21.3 Å². The van der Waals surface area contributed by atoms with Crippen LogP contribution in [0.3, 0.4) is 0 Å².